The predicted octanol–water partition coefficient (Wildman–Crippen LogP) is 3.48. The molecule has 0 bridgehead atoms. The fourth-order valence-electron chi connectivity index (χ4n) is 5.37. The van der Waals surface area contributed by atoms with Crippen molar-refractivity contribution in [3.8, 4) is 17.2 Å². The Morgan fingerprint density at radius 1 is 1.03 bits per heavy atom. The van der Waals surface area contributed by atoms with Gasteiger partial charge in [0.2, 0.25) is 0 Å². The molecule has 2 fully saturated rings. The molecule has 1 saturated carbocycles. The molecule has 7 nitrogen and oxygen atoms in total. The lowest BCUT2D eigenvalue weighted by atomic mass is 9.76. The first-order valence-corrected chi connectivity index (χ1v) is 10.5. The standard InChI is InChI=1S/C22H32N4O3/c1-5-26-15-23-24-21(26)17-13-25(14-22(17)8-6-7-9-22)12-16-10-19(28-3)20(29-4)11-18(16)27-2/h10-11,15,17H,5-9,12-14H2,1-4H3. The van der Waals surface area contributed by atoms with Crippen LogP contribution in [0.25, 0.3) is 0 Å². The lowest BCUT2D eigenvalue weighted by Gasteiger charge is -2.29. The minimum atomic E-state index is 0.309. The largest absolute Gasteiger partial charge is 0.496 e. The molecule has 1 unspecified atom stereocenters. The molecule has 1 saturated heterocycles. The van der Waals surface area contributed by atoms with E-state index in [4.69, 9.17) is 14.2 Å². The lowest BCUT2D eigenvalue weighted by molar-refractivity contribution is 0.241. The fraction of sp³-hybridized carbons (Fsp3) is 0.636. The van der Waals surface area contributed by atoms with E-state index in [1.54, 1.807) is 21.3 Å². The summed E-state index contributed by atoms with van der Waals surface area (Å²) in [5.41, 5.74) is 1.43. The number of aromatic nitrogens is 3. The van der Waals surface area contributed by atoms with Crippen molar-refractivity contribution in [3.63, 3.8) is 0 Å². The van der Waals surface area contributed by atoms with Crippen molar-refractivity contribution in [1.82, 2.24) is 19.7 Å². The third-order valence-corrected chi connectivity index (χ3v) is 6.80. The summed E-state index contributed by atoms with van der Waals surface area (Å²) in [5.74, 6) is 3.84. The molecular weight excluding hydrogens is 368 g/mol. The number of likely N-dealkylation sites (tertiary alicyclic amines) is 1. The molecule has 7 heteroatoms. The molecule has 1 spiro atoms. The normalized spacial score (nSPS) is 21.0. The summed E-state index contributed by atoms with van der Waals surface area (Å²) in [5, 5.41) is 8.75. The van der Waals surface area contributed by atoms with Crippen LogP contribution in [0.4, 0.5) is 0 Å². The van der Waals surface area contributed by atoms with Crippen LogP contribution in [-0.2, 0) is 13.1 Å². The first-order chi connectivity index (χ1) is 14.1. The minimum absolute atomic E-state index is 0.309. The molecular formula is C22H32N4O3. The molecule has 2 aromatic rings. The lowest BCUT2D eigenvalue weighted by Crippen LogP contribution is -2.28. The van der Waals surface area contributed by atoms with E-state index in [0.29, 0.717) is 17.1 Å². The molecule has 0 amide bonds. The minimum Gasteiger partial charge on any atom is -0.496 e. The van der Waals surface area contributed by atoms with Crippen molar-refractivity contribution in [1.29, 1.82) is 0 Å². The summed E-state index contributed by atoms with van der Waals surface area (Å²) in [4.78, 5) is 2.55. The highest BCUT2D eigenvalue weighted by molar-refractivity contribution is 5.50. The van der Waals surface area contributed by atoms with Gasteiger partial charge in [0.1, 0.15) is 17.9 Å². The Kier molecular flexibility index (Phi) is 5.67. The Labute approximate surface area is 173 Å². The maximum atomic E-state index is 5.66. The SMILES string of the molecule is CCn1cnnc1C1CN(Cc2cc(OC)c(OC)cc2OC)CC12CCCC2. The van der Waals surface area contributed by atoms with Gasteiger partial charge >= 0.3 is 0 Å². The number of hydrogen-bond acceptors (Lipinski definition) is 6. The Morgan fingerprint density at radius 3 is 2.38 bits per heavy atom. The average molecular weight is 401 g/mol. The molecule has 2 heterocycles. The second kappa shape index (κ2) is 8.22. The maximum Gasteiger partial charge on any atom is 0.164 e. The van der Waals surface area contributed by atoms with Gasteiger partial charge < -0.3 is 18.8 Å². The molecule has 1 aliphatic carbocycles. The Hall–Kier alpha value is -2.28. The van der Waals surface area contributed by atoms with E-state index in [-0.39, 0.29) is 0 Å². The Balaban J connectivity index is 1.62. The van der Waals surface area contributed by atoms with Gasteiger partial charge in [0.05, 0.1) is 21.3 Å². The van der Waals surface area contributed by atoms with E-state index < -0.39 is 0 Å². The van der Waals surface area contributed by atoms with Crippen molar-refractivity contribution in [2.24, 2.45) is 5.41 Å². The second-order valence-corrected chi connectivity index (χ2v) is 8.29. The molecule has 29 heavy (non-hydrogen) atoms. The quantitative estimate of drug-likeness (QED) is 0.709. The summed E-state index contributed by atoms with van der Waals surface area (Å²) in [6.07, 6.45) is 7.04. The fourth-order valence-corrected chi connectivity index (χ4v) is 5.37. The van der Waals surface area contributed by atoms with Crippen molar-refractivity contribution in [2.45, 2.75) is 51.6 Å². The second-order valence-electron chi connectivity index (χ2n) is 8.29. The number of benzene rings is 1. The molecule has 158 valence electrons. The zero-order chi connectivity index (χ0) is 20.4. The molecule has 1 atom stereocenters. The van der Waals surface area contributed by atoms with Gasteiger partial charge in [-0.2, -0.15) is 0 Å². The van der Waals surface area contributed by atoms with Crippen LogP contribution in [-0.4, -0.2) is 54.1 Å². The molecule has 4 rings (SSSR count). The van der Waals surface area contributed by atoms with Crippen LogP contribution >= 0.6 is 0 Å². The van der Waals surface area contributed by atoms with Crippen LogP contribution < -0.4 is 14.2 Å². The number of hydrogen-bond donors (Lipinski definition) is 0. The predicted molar refractivity (Wildman–Crippen MR) is 111 cm³/mol. The van der Waals surface area contributed by atoms with Crippen LogP contribution in [0.15, 0.2) is 18.5 Å². The van der Waals surface area contributed by atoms with Gasteiger partial charge in [0, 0.05) is 43.7 Å². The summed E-state index contributed by atoms with van der Waals surface area (Å²) < 4.78 is 18.8. The number of aryl methyl sites for hydroxylation is 1. The topological polar surface area (TPSA) is 61.6 Å². The van der Waals surface area contributed by atoms with E-state index in [1.165, 1.54) is 25.7 Å². The highest BCUT2D eigenvalue weighted by Crippen LogP contribution is 2.53. The van der Waals surface area contributed by atoms with E-state index in [1.807, 2.05) is 18.5 Å². The van der Waals surface area contributed by atoms with E-state index in [2.05, 4.69) is 26.6 Å². The zero-order valence-electron chi connectivity index (χ0n) is 18.0. The highest BCUT2D eigenvalue weighted by Gasteiger charge is 2.50. The van der Waals surface area contributed by atoms with E-state index >= 15 is 0 Å². The van der Waals surface area contributed by atoms with Gasteiger partial charge in [0.15, 0.2) is 11.5 Å². The molecule has 0 N–H and O–H groups in total. The third-order valence-electron chi connectivity index (χ3n) is 6.80. The van der Waals surface area contributed by atoms with Crippen molar-refractivity contribution >= 4 is 0 Å². The van der Waals surface area contributed by atoms with Crippen molar-refractivity contribution in [3.05, 3.63) is 29.8 Å². The summed E-state index contributed by atoms with van der Waals surface area (Å²) in [7, 11) is 5.03. The zero-order valence-corrected chi connectivity index (χ0v) is 18.0. The van der Waals surface area contributed by atoms with Crippen molar-refractivity contribution in [2.75, 3.05) is 34.4 Å². The van der Waals surface area contributed by atoms with Crippen LogP contribution in [0.5, 0.6) is 17.2 Å². The number of nitrogens with zero attached hydrogens (tertiary/aromatic N) is 4. The number of methoxy groups -OCH3 is 3. The Bertz CT molecular complexity index is 845. The van der Waals surface area contributed by atoms with Gasteiger partial charge in [-0.3, -0.25) is 4.90 Å². The average Bonchev–Trinajstić information content (AvgIpc) is 3.48. The number of ether oxygens (including phenoxy) is 3. The third kappa shape index (κ3) is 3.56. The summed E-state index contributed by atoms with van der Waals surface area (Å²) in [6, 6.07) is 3.96. The summed E-state index contributed by atoms with van der Waals surface area (Å²) >= 11 is 0. The van der Waals surface area contributed by atoms with Crippen molar-refractivity contribution < 1.29 is 14.2 Å². The van der Waals surface area contributed by atoms with Gasteiger partial charge in [-0.05, 0) is 31.2 Å². The summed E-state index contributed by atoms with van der Waals surface area (Å²) in [6.45, 7) is 5.98. The van der Waals surface area contributed by atoms with Crippen LogP contribution in [0.3, 0.4) is 0 Å². The van der Waals surface area contributed by atoms with E-state index in [9.17, 15) is 0 Å². The van der Waals surface area contributed by atoms with Crippen LogP contribution in [0.1, 0.15) is 49.9 Å². The van der Waals surface area contributed by atoms with Gasteiger partial charge in [-0.1, -0.05) is 12.8 Å². The van der Waals surface area contributed by atoms with Gasteiger partial charge in [-0.15, -0.1) is 10.2 Å². The highest BCUT2D eigenvalue weighted by atomic mass is 16.5. The molecule has 1 aliphatic heterocycles. The van der Waals surface area contributed by atoms with E-state index in [0.717, 1.165) is 49.1 Å². The molecule has 1 aromatic carbocycles. The smallest absolute Gasteiger partial charge is 0.164 e. The maximum absolute atomic E-state index is 5.66. The van der Waals surface area contributed by atoms with Gasteiger partial charge in [-0.25, -0.2) is 0 Å². The Morgan fingerprint density at radius 2 is 1.72 bits per heavy atom. The van der Waals surface area contributed by atoms with Crippen LogP contribution in [0.2, 0.25) is 0 Å². The molecule has 2 aliphatic rings. The molecule has 0 radical (unpaired) electrons. The van der Waals surface area contributed by atoms with Gasteiger partial charge in [0.25, 0.3) is 0 Å². The number of rotatable bonds is 7. The monoisotopic (exact) mass is 400 g/mol. The first kappa shape index (κ1) is 20.0. The molecule has 1 aromatic heterocycles. The first-order valence-electron chi connectivity index (χ1n) is 10.5. The van der Waals surface area contributed by atoms with Crippen LogP contribution in [0, 0.1) is 5.41 Å².